The fraction of sp³-hybridized carbons (Fsp3) is 0.250. The minimum atomic E-state index is -0.330. The number of nitrogens with two attached hydrogens (primary N) is 1. The molecule has 2 N–H and O–H groups in total. The molecule has 2 aromatic rings. The molecule has 3 nitrogen and oxygen atoms in total. The van der Waals surface area contributed by atoms with E-state index in [9.17, 15) is 4.39 Å². The lowest BCUT2D eigenvalue weighted by molar-refractivity contribution is 0.247. The lowest BCUT2D eigenvalue weighted by atomic mass is 10.2. The summed E-state index contributed by atoms with van der Waals surface area (Å²) in [6.45, 7) is 1.54. The van der Waals surface area contributed by atoms with Gasteiger partial charge in [-0.25, -0.2) is 4.39 Å². The van der Waals surface area contributed by atoms with Crippen LogP contribution in [0.4, 0.5) is 4.39 Å². The molecule has 0 amide bonds. The predicted molar refractivity (Wildman–Crippen MR) is 84.0 cm³/mol. The van der Waals surface area contributed by atoms with Crippen molar-refractivity contribution in [3.05, 3.63) is 58.3 Å². The van der Waals surface area contributed by atoms with Gasteiger partial charge in [0.15, 0.2) is 0 Å². The Morgan fingerprint density at radius 1 is 0.952 bits per heavy atom. The van der Waals surface area contributed by atoms with E-state index in [-0.39, 0.29) is 5.82 Å². The fourth-order valence-corrected chi connectivity index (χ4v) is 1.97. The van der Waals surface area contributed by atoms with Gasteiger partial charge in [0.2, 0.25) is 0 Å². The van der Waals surface area contributed by atoms with Gasteiger partial charge in [-0.1, -0.05) is 12.1 Å². The summed E-state index contributed by atoms with van der Waals surface area (Å²) in [6.07, 6.45) is 0.719. The molecule has 2 rings (SSSR count). The zero-order chi connectivity index (χ0) is 15.1. The van der Waals surface area contributed by atoms with E-state index in [1.54, 1.807) is 12.1 Å². The van der Waals surface area contributed by atoms with Gasteiger partial charge in [-0.15, -0.1) is 0 Å². The van der Waals surface area contributed by atoms with Gasteiger partial charge in [-0.05, 0) is 45.8 Å². The molecule has 5 heteroatoms. The molecule has 0 fully saturated rings. The van der Waals surface area contributed by atoms with Crippen LogP contribution in [0.5, 0.6) is 11.5 Å². The molecule has 0 saturated carbocycles. The third-order valence-corrected chi connectivity index (χ3v) is 3.52. The maximum atomic E-state index is 13.3. The summed E-state index contributed by atoms with van der Waals surface area (Å²) in [5.41, 5.74) is 6.60. The van der Waals surface area contributed by atoms with Crippen LogP contribution >= 0.6 is 15.9 Å². The van der Waals surface area contributed by atoms with E-state index in [1.165, 1.54) is 6.07 Å². The van der Waals surface area contributed by atoms with Crippen LogP contribution in [0.1, 0.15) is 12.0 Å². The lowest BCUT2D eigenvalue weighted by Crippen LogP contribution is -2.05. The van der Waals surface area contributed by atoms with Gasteiger partial charge in [-0.3, -0.25) is 0 Å². The highest BCUT2D eigenvalue weighted by Crippen LogP contribution is 2.21. The molecule has 0 radical (unpaired) electrons. The topological polar surface area (TPSA) is 44.5 Å². The van der Waals surface area contributed by atoms with Crippen LogP contribution in [-0.4, -0.2) is 13.2 Å². The summed E-state index contributed by atoms with van der Waals surface area (Å²) < 4.78 is 24.7. The van der Waals surface area contributed by atoms with Gasteiger partial charge in [0.05, 0.1) is 17.7 Å². The van der Waals surface area contributed by atoms with Crippen molar-refractivity contribution in [1.82, 2.24) is 0 Å². The average molecular weight is 354 g/mol. The molecular weight excluding hydrogens is 337 g/mol. The summed E-state index contributed by atoms with van der Waals surface area (Å²) in [4.78, 5) is 0. The van der Waals surface area contributed by atoms with Crippen LogP contribution in [-0.2, 0) is 6.54 Å². The third-order valence-electron chi connectivity index (χ3n) is 2.88. The summed E-state index contributed by atoms with van der Waals surface area (Å²) >= 11 is 3.10. The van der Waals surface area contributed by atoms with Crippen LogP contribution in [0.3, 0.4) is 0 Å². The van der Waals surface area contributed by atoms with Crippen molar-refractivity contribution in [3.8, 4) is 11.5 Å². The van der Waals surface area contributed by atoms with Crippen molar-refractivity contribution in [2.75, 3.05) is 13.2 Å². The highest BCUT2D eigenvalue weighted by atomic mass is 79.9. The summed E-state index contributed by atoms with van der Waals surface area (Å²) in [5.74, 6) is 0.994. The number of hydrogen-bond acceptors (Lipinski definition) is 3. The third kappa shape index (κ3) is 5.02. The molecule has 0 aliphatic carbocycles. The quantitative estimate of drug-likeness (QED) is 0.767. The van der Waals surface area contributed by atoms with Crippen molar-refractivity contribution >= 4 is 15.9 Å². The van der Waals surface area contributed by atoms with Crippen molar-refractivity contribution in [1.29, 1.82) is 0 Å². The van der Waals surface area contributed by atoms with Gasteiger partial charge in [0.1, 0.15) is 17.3 Å². The van der Waals surface area contributed by atoms with E-state index < -0.39 is 0 Å². The number of rotatable bonds is 7. The van der Waals surface area contributed by atoms with Crippen LogP contribution in [0, 0.1) is 5.82 Å². The second-order valence-electron chi connectivity index (χ2n) is 4.47. The first-order valence-electron chi connectivity index (χ1n) is 6.68. The van der Waals surface area contributed by atoms with E-state index in [2.05, 4.69) is 15.9 Å². The number of halogens is 2. The molecule has 0 bridgehead atoms. The Kier molecular flexibility index (Phi) is 6.02. The lowest BCUT2D eigenvalue weighted by Gasteiger charge is -2.09. The summed E-state index contributed by atoms with van der Waals surface area (Å²) in [6, 6.07) is 12.4. The van der Waals surface area contributed by atoms with Gasteiger partial charge in [-0.2, -0.15) is 0 Å². The second kappa shape index (κ2) is 8.00. The molecule has 0 spiro atoms. The van der Waals surface area contributed by atoms with Crippen LogP contribution in [0.2, 0.25) is 0 Å². The van der Waals surface area contributed by atoms with Gasteiger partial charge >= 0.3 is 0 Å². The molecule has 0 aliphatic rings. The zero-order valence-electron chi connectivity index (χ0n) is 11.5. The molecule has 0 aliphatic heterocycles. The largest absolute Gasteiger partial charge is 0.493 e. The van der Waals surface area contributed by atoms with Crippen molar-refractivity contribution in [2.45, 2.75) is 13.0 Å². The maximum Gasteiger partial charge on any atom is 0.141 e. The Labute approximate surface area is 132 Å². The molecule has 0 atom stereocenters. The Morgan fingerprint density at radius 2 is 1.57 bits per heavy atom. The number of hydrogen-bond donors (Lipinski definition) is 1. The molecule has 0 unspecified atom stereocenters. The minimum absolute atomic E-state index is 0.330. The van der Waals surface area contributed by atoms with E-state index in [4.69, 9.17) is 15.2 Å². The monoisotopic (exact) mass is 353 g/mol. The van der Waals surface area contributed by atoms with Gasteiger partial charge < -0.3 is 15.2 Å². The minimum Gasteiger partial charge on any atom is -0.493 e. The number of ether oxygens (including phenoxy) is 2. The van der Waals surface area contributed by atoms with Gasteiger partial charge in [0.25, 0.3) is 0 Å². The number of benzene rings is 2. The Hall–Kier alpha value is -1.59. The molecular formula is C16H17BrFNO2. The van der Waals surface area contributed by atoms with Crippen LogP contribution in [0.25, 0.3) is 0 Å². The highest BCUT2D eigenvalue weighted by Gasteiger charge is 2.01. The molecule has 0 heterocycles. The molecule has 0 aromatic heterocycles. The highest BCUT2D eigenvalue weighted by molar-refractivity contribution is 9.10. The van der Waals surface area contributed by atoms with E-state index in [0.29, 0.717) is 30.0 Å². The SMILES string of the molecule is NCc1ccc(OCCCOc2ccc(Br)c(F)c2)cc1. The van der Waals surface area contributed by atoms with E-state index >= 15 is 0 Å². The van der Waals surface area contributed by atoms with Crippen LogP contribution < -0.4 is 15.2 Å². The fourth-order valence-electron chi connectivity index (χ4n) is 1.73. The molecule has 0 saturated heterocycles. The van der Waals surface area contributed by atoms with Crippen molar-refractivity contribution in [3.63, 3.8) is 0 Å². The first-order valence-corrected chi connectivity index (χ1v) is 7.48. The van der Waals surface area contributed by atoms with Crippen LogP contribution in [0.15, 0.2) is 46.9 Å². The van der Waals surface area contributed by atoms with Crippen molar-refractivity contribution in [2.24, 2.45) is 5.73 Å². The Morgan fingerprint density at radius 3 is 2.19 bits per heavy atom. The van der Waals surface area contributed by atoms with E-state index in [1.807, 2.05) is 24.3 Å². The first kappa shape index (κ1) is 15.8. The normalized spacial score (nSPS) is 10.4. The second-order valence-corrected chi connectivity index (χ2v) is 5.33. The Balaban J connectivity index is 1.68. The molecule has 112 valence electrons. The maximum absolute atomic E-state index is 13.3. The van der Waals surface area contributed by atoms with E-state index in [0.717, 1.165) is 17.7 Å². The van der Waals surface area contributed by atoms with Gasteiger partial charge in [0, 0.05) is 19.0 Å². The average Bonchev–Trinajstić information content (AvgIpc) is 2.51. The van der Waals surface area contributed by atoms with Crippen molar-refractivity contribution < 1.29 is 13.9 Å². The zero-order valence-corrected chi connectivity index (χ0v) is 13.1. The Bertz CT molecular complexity index is 575. The predicted octanol–water partition coefficient (Wildman–Crippen LogP) is 3.89. The summed E-state index contributed by atoms with van der Waals surface area (Å²) in [7, 11) is 0. The standard InChI is InChI=1S/C16H17BrFNO2/c17-15-7-6-14(10-16(15)18)21-9-1-8-20-13-4-2-12(11-19)3-5-13/h2-7,10H,1,8-9,11,19H2. The summed E-state index contributed by atoms with van der Waals surface area (Å²) in [5, 5.41) is 0. The first-order chi connectivity index (χ1) is 10.2. The smallest absolute Gasteiger partial charge is 0.141 e. The molecule has 2 aromatic carbocycles. The molecule has 21 heavy (non-hydrogen) atoms.